The van der Waals surface area contributed by atoms with Crippen molar-refractivity contribution in [2.24, 2.45) is 0 Å². The Bertz CT molecular complexity index is 1110. The number of nitrogens with zero attached hydrogens (tertiary/aromatic N) is 1. The van der Waals surface area contributed by atoms with Crippen LogP contribution in [0.4, 0.5) is 5.82 Å². The van der Waals surface area contributed by atoms with Crippen molar-refractivity contribution in [2.45, 2.75) is 30.6 Å². The van der Waals surface area contributed by atoms with Gasteiger partial charge in [-0.15, -0.1) is 24.4 Å². The summed E-state index contributed by atoms with van der Waals surface area (Å²) in [6.07, 6.45) is 2.08. The van der Waals surface area contributed by atoms with Gasteiger partial charge in [-0.05, 0) is 85.7 Å². The van der Waals surface area contributed by atoms with Crippen LogP contribution in [0.3, 0.4) is 0 Å². The second kappa shape index (κ2) is 9.38. The van der Waals surface area contributed by atoms with Gasteiger partial charge in [0.25, 0.3) is 0 Å². The van der Waals surface area contributed by atoms with Gasteiger partial charge in [0.2, 0.25) is 0 Å². The number of benzene rings is 3. The van der Waals surface area contributed by atoms with Gasteiger partial charge in [0.15, 0.2) is 0 Å². The van der Waals surface area contributed by atoms with E-state index in [0.717, 1.165) is 15.8 Å². The predicted molar refractivity (Wildman–Crippen MR) is 131 cm³/mol. The largest absolute Gasteiger partial charge is 0.384 e. The summed E-state index contributed by atoms with van der Waals surface area (Å²) in [5, 5.41) is 1.11. The summed E-state index contributed by atoms with van der Waals surface area (Å²) in [4.78, 5) is 6.71. The Morgan fingerprint density at radius 2 is 1.41 bits per heavy atom. The molecule has 1 aromatic heterocycles. The molecular formula is C25H26N2S2. The average molecular weight is 419 g/mol. The first kappa shape index (κ1) is 21.3. The van der Waals surface area contributed by atoms with Gasteiger partial charge in [-0.1, -0.05) is 35.9 Å². The van der Waals surface area contributed by atoms with Gasteiger partial charge in [0, 0.05) is 15.2 Å². The number of thioether (sulfide) groups is 1. The normalized spacial score (nSPS) is 10.5. The summed E-state index contributed by atoms with van der Waals surface area (Å²) in [7, 11) is 0. The van der Waals surface area contributed by atoms with Crippen LogP contribution >= 0.6 is 24.4 Å². The highest BCUT2D eigenvalue weighted by Crippen LogP contribution is 2.26. The SMILES string of the molecule is CSc1ccc(-c2ccc3nc(N)ccc3c2)cc1.Cc1cc(C)c(S)c(C)c1. The fraction of sp³-hybridized carbons (Fsp3) is 0.160. The van der Waals surface area contributed by atoms with E-state index in [2.05, 4.69) is 93.2 Å². The number of aromatic nitrogens is 1. The lowest BCUT2D eigenvalue weighted by molar-refractivity contribution is 1.20. The van der Waals surface area contributed by atoms with Gasteiger partial charge in [-0.25, -0.2) is 4.98 Å². The molecule has 0 atom stereocenters. The molecule has 0 aliphatic rings. The van der Waals surface area contributed by atoms with E-state index in [-0.39, 0.29) is 0 Å². The number of nitrogen functional groups attached to an aromatic ring is 1. The van der Waals surface area contributed by atoms with Crippen molar-refractivity contribution >= 4 is 41.1 Å². The van der Waals surface area contributed by atoms with Crippen molar-refractivity contribution in [1.29, 1.82) is 0 Å². The quantitative estimate of drug-likeness (QED) is 0.269. The van der Waals surface area contributed by atoms with Gasteiger partial charge in [-0.2, -0.15) is 0 Å². The average Bonchev–Trinajstić information content (AvgIpc) is 2.72. The Balaban J connectivity index is 0.000000204. The van der Waals surface area contributed by atoms with E-state index in [1.54, 1.807) is 11.8 Å². The summed E-state index contributed by atoms with van der Waals surface area (Å²) in [6.45, 7) is 6.28. The van der Waals surface area contributed by atoms with Crippen molar-refractivity contribution in [3.8, 4) is 11.1 Å². The number of pyridine rings is 1. The maximum atomic E-state index is 5.69. The molecule has 4 rings (SSSR count). The smallest absolute Gasteiger partial charge is 0.124 e. The Morgan fingerprint density at radius 1 is 0.793 bits per heavy atom. The highest BCUT2D eigenvalue weighted by Gasteiger charge is 2.01. The summed E-state index contributed by atoms with van der Waals surface area (Å²) in [5.74, 6) is 0.560. The number of hydrogen-bond acceptors (Lipinski definition) is 4. The van der Waals surface area contributed by atoms with Gasteiger partial charge in [-0.3, -0.25) is 0 Å². The third-order valence-corrected chi connectivity index (χ3v) is 6.22. The number of nitrogens with two attached hydrogens (primary N) is 1. The molecule has 148 valence electrons. The Morgan fingerprint density at radius 3 is 2.03 bits per heavy atom. The zero-order chi connectivity index (χ0) is 21.0. The van der Waals surface area contributed by atoms with Crippen molar-refractivity contribution < 1.29 is 0 Å². The summed E-state index contributed by atoms with van der Waals surface area (Å²) in [6, 6.07) is 23.0. The van der Waals surface area contributed by atoms with E-state index in [0.29, 0.717) is 5.82 Å². The Hall–Kier alpha value is -2.43. The second-order valence-corrected chi connectivity index (χ2v) is 8.45. The topological polar surface area (TPSA) is 38.9 Å². The number of thiol groups is 1. The molecule has 0 saturated heterocycles. The van der Waals surface area contributed by atoms with Crippen molar-refractivity contribution in [3.05, 3.63) is 83.4 Å². The molecule has 2 nitrogen and oxygen atoms in total. The van der Waals surface area contributed by atoms with E-state index < -0.39 is 0 Å². The molecule has 0 amide bonds. The zero-order valence-electron chi connectivity index (χ0n) is 17.2. The third-order valence-electron chi connectivity index (χ3n) is 4.77. The van der Waals surface area contributed by atoms with Crippen LogP contribution in [0.2, 0.25) is 0 Å². The lowest BCUT2D eigenvalue weighted by Gasteiger charge is -2.05. The van der Waals surface area contributed by atoms with Crippen molar-refractivity contribution in [2.75, 3.05) is 12.0 Å². The molecule has 0 unspecified atom stereocenters. The van der Waals surface area contributed by atoms with Gasteiger partial charge >= 0.3 is 0 Å². The molecule has 1 heterocycles. The van der Waals surface area contributed by atoms with Crippen LogP contribution in [0.15, 0.2) is 76.5 Å². The first-order valence-corrected chi connectivity index (χ1v) is 11.1. The maximum absolute atomic E-state index is 5.69. The fourth-order valence-corrected chi connectivity index (χ4v) is 3.81. The van der Waals surface area contributed by atoms with Gasteiger partial charge in [0.1, 0.15) is 5.82 Å². The monoisotopic (exact) mass is 418 g/mol. The van der Waals surface area contributed by atoms with Gasteiger partial charge < -0.3 is 5.73 Å². The minimum absolute atomic E-state index is 0.560. The van der Waals surface area contributed by atoms with Crippen LogP contribution in [0.1, 0.15) is 16.7 Å². The van der Waals surface area contributed by atoms with Crippen LogP contribution < -0.4 is 5.73 Å². The molecule has 0 radical (unpaired) electrons. The highest BCUT2D eigenvalue weighted by molar-refractivity contribution is 7.98. The zero-order valence-corrected chi connectivity index (χ0v) is 18.9. The van der Waals surface area contributed by atoms with Crippen LogP contribution in [0, 0.1) is 20.8 Å². The van der Waals surface area contributed by atoms with Gasteiger partial charge in [0.05, 0.1) is 5.52 Å². The number of aryl methyl sites for hydroxylation is 3. The number of anilines is 1. The molecular weight excluding hydrogens is 392 g/mol. The lowest BCUT2D eigenvalue weighted by Crippen LogP contribution is -1.89. The molecule has 0 aliphatic heterocycles. The minimum atomic E-state index is 0.560. The molecule has 0 saturated carbocycles. The molecule has 3 aromatic carbocycles. The van der Waals surface area contributed by atoms with Crippen LogP contribution in [0.25, 0.3) is 22.0 Å². The van der Waals surface area contributed by atoms with Crippen LogP contribution in [-0.2, 0) is 0 Å². The molecule has 4 heteroatoms. The van der Waals surface area contributed by atoms with E-state index in [4.69, 9.17) is 5.73 Å². The Kier molecular flexibility index (Phi) is 6.88. The highest BCUT2D eigenvalue weighted by atomic mass is 32.2. The maximum Gasteiger partial charge on any atom is 0.124 e. The summed E-state index contributed by atoms with van der Waals surface area (Å²) in [5.41, 5.74) is 12.9. The minimum Gasteiger partial charge on any atom is -0.384 e. The van der Waals surface area contributed by atoms with Crippen LogP contribution in [0.5, 0.6) is 0 Å². The molecule has 2 N–H and O–H groups in total. The lowest BCUT2D eigenvalue weighted by atomic mass is 10.0. The molecule has 4 aromatic rings. The van der Waals surface area contributed by atoms with E-state index in [1.165, 1.54) is 32.7 Å². The summed E-state index contributed by atoms with van der Waals surface area (Å²) >= 11 is 6.11. The van der Waals surface area contributed by atoms with Crippen molar-refractivity contribution in [1.82, 2.24) is 4.98 Å². The number of hydrogen-bond donors (Lipinski definition) is 2. The first-order valence-electron chi connectivity index (χ1n) is 9.45. The standard InChI is InChI=1S/C16H14N2S.C9H12S/c1-19-14-6-2-11(3-7-14)12-4-8-15-13(10-12)5-9-16(17)18-15;1-6-4-7(2)9(10)8(3)5-6/h2-10H,1H3,(H2,17,18);4-5,10H,1-3H3. The third kappa shape index (κ3) is 5.34. The molecule has 0 fully saturated rings. The number of rotatable bonds is 2. The Labute approximate surface area is 183 Å². The van der Waals surface area contributed by atoms with E-state index >= 15 is 0 Å². The molecule has 0 aliphatic carbocycles. The van der Waals surface area contributed by atoms with E-state index in [9.17, 15) is 0 Å². The summed E-state index contributed by atoms with van der Waals surface area (Å²) < 4.78 is 0. The van der Waals surface area contributed by atoms with Crippen LogP contribution in [-0.4, -0.2) is 11.2 Å². The van der Waals surface area contributed by atoms with Crippen molar-refractivity contribution in [3.63, 3.8) is 0 Å². The molecule has 0 spiro atoms. The number of fused-ring (bicyclic) bond motifs is 1. The van der Waals surface area contributed by atoms with E-state index in [1.807, 2.05) is 18.2 Å². The first-order chi connectivity index (χ1) is 13.9. The second-order valence-electron chi connectivity index (χ2n) is 7.12. The molecule has 0 bridgehead atoms. The molecule has 29 heavy (non-hydrogen) atoms. The predicted octanol–water partition coefficient (Wildman–Crippen LogP) is 7.11. The fourth-order valence-electron chi connectivity index (χ4n) is 3.28.